The first-order chi connectivity index (χ1) is 35.0. The maximum absolute atomic E-state index is 12.9. The highest BCUT2D eigenvalue weighted by atomic mass is 16.6. The zero-order valence-electron chi connectivity index (χ0n) is 48.3. The number of allylic oxidation sites excluding steroid dienone is 2. The molecule has 0 radical (unpaired) electrons. The van der Waals surface area contributed by atoms with Crippen LogP contribution in [0.25, 0.3) is 0 Å². The fourth-order valence-corrected chi connectivity index (χ4v) is 9.91. The fourth-order valence-electron chi connectivity index (χ4n) is 9.91. The number of carbonyl (C=O) groups is 3. The predicted molar refractivity (Wildman–Crippen MR) is 307 cm³/mol. The molecule has 6 heteroatoms. The van der Waals surface area contributed by atoms with Crippen LogP contribution < -0.4 is 0 Å². The van der Waals surface area contributed by atoms with Crippen molar-refractivity contribution in [2.75, 3.05) is 13.2 Å². The van der Waals surface area contributed by atoms with Crippen molar-refractivity contribution in [1.82, 2.24) is 0 Å². The van der Waals surface area contributed by atoms with Gasteiger partial charge in [-0.2, -0.15) is 0 Å². The SMILES string of the molecule is CCCCCC/C=C\CCCCCCCCCC(=O)OC[C@H](COC(=O)CCCCCCCCCCCCCCCCCCCCC)OC(=O)CCCCCCCCCCCCCCCCCCCCC. The lowest BCUT2D eigenvalue weighted by atomic mass is 10.0. The maximum Gasteiger partial charge on any atom is 0.306 e. The Morgan fingerprint density at radius 1 is 0.268 bits per heavy atom. The monoisotopic (exact) mass is 1000 g/mol. The van der Waals surface area contributed by atoms with Crippen molar-refractivity contribution < 1.29 is 28.6 Å². The van der Waals surface area contributed by atoms with E-state index in [1.165, 1.54) is 270 Å². The lowest BCUT2D eigenvalue weighted by Crippen LogP contribution is -2.30. The molecule has 0 saturated carbocycles. The fraction of sp³-hybridized carbons (Fsp3) is 0.923. The van der Waals surface area contributed by atoms with E-state index in [1.54, 1.807) is 0 Å². The average Bonchev–Trinajstić information content (AvgIpc) is 3.37. The van der Waals surface area contributed by atoms with Gasteiger partial charge in [-0.3, -0.25) is 14.4 Å². The van der Waals surface area contributed by atoms with Crippen molar-refractivity contribution in [3.8, 4) is 0 Å². The topological polar surface area (TPSA) is 78.9 Å². The highest BCUT2D eigenvalue weighted by Crippen LogP contribution is 2.18. The molecule has 420 valence electrons. The summed E-state index contributed by atoms with van der Waals surface area (Å²) in [7, 11) is 0. The minimum Gasteiger partial charge on any atom is -0.462 e. The molecular weight excluding hydrogens is 877 g/mol. The van der Waals surface area contributed by atoms with Gasteiger partial charge in [0, 0.05) is 19.3 Å². The molecule has 0 amide bonds. The van der Waals surface area contributed by atoms with Gasteiger partial charge in [0.2, 0.25) is 0 Å². The Morgan fingerprint density at radius 2 is 0.465 bits per heavy atom. The number of esters is 3. The molecule has 0 heterocycles. The van der Waals surface area contributed by atoms with Gasteiger partial charge in [-0.25, -0.2) is 0 Å². The molecule has 0 aliphatic rings. The molecule has 0 aromatic heterocycles. The van der Waals surface area contributed by atoms with E-state index in [4.69, 9.17) is 14.2 Å². The Kier molecular flexibility index (Phi) is 59.1. The van der Waals surface area contributed by atoms with Crippen LogP contribution in [0.4, 0.5) is 0 Å². The molecular formula is C65H124O6. The van der Waals surface area contributed by atoms with Crippen LogP contribution in [0, 0.1) is 0 Å². The number of ether oxygens (including phenoxy) is 3. The van der Waals surface area contributed by atoms with Crippen molar-refractivity contribution in [2.45, 2.75) is 374 Å². The molecule has 71 heavy (non-hydrogen) atoms. The zero-order valence-corrected chi connectivity index (χ0v) is 48.3. The second-order valence-electron chi connectivity index (χ2n) is 22.0. The summed E-state index contributed by atoms with van der Waals surface area (Å²) in [6.07, 6.45) is 70.7. The van der Waals surface area contributed by atoms with E-state index in [0.29, 0.717) is 19.3 Å². The zero-order chi connectivity index (χ0) is 51.4. The molecule has 0 rings (SSSR count). The third-order valence-corrected chi connectivity index (χ3v) is 14.8. The summed E-state index contributed by atoms with van der Waals surface area (Å²) in [5.74, 6) is -0.838. The second kappa shape index (κ2) is 60.7. The van der Waals surface area contributed by atoms with Gasteiger partial charge in [-0.15, -0.1) is 0 Å². The molecule has 0 unspecified atom stereocenters. The van der Waals surface area contributed by atoms with Crippen LogP contribution in [0.1, 0.15) is 367 Å². The first kappa shape index (κ1) is 69.2. The van der Waals surface area contributed by atoms with Gasteiger partial charge in [0.1, 0.15) is 13.2 Å². The molecule has 0 fully saturated rings. The molecule has 0 aromatic carbocycles. The van der Waals surface area contributed by atoms with Crippen molar-refractivity contribution in [3.63, 3.8) is 0 Å². The molecule has 0 N–H and O–H groups in total. The summed E-state index contributed by atoms with van der Waals surface area (Å²) >= 11 is 0. The van der Waals surface area contributed by atoms with Crippen LogP contribution in [0.2, 0.25) is 0 Å². The summed E-state index contributed by atoms with van der Waals surface area (Å²) < 4.78 is 17.0. The highest BCUT2D eigenvalue weighted by Gasteiger charge is 2.19. The van der Waals surface area contributed by atoms with Gasteiger partial charge in [-0.1, -0.05) is 315 Å². The molecule has 0 aliphatic heterocycles. The standard InChI is InChI=1S/C65H124O6/c1-4-7-10-13-16-19-22-25-28-30-32-34-37-40-43-46-49-52-55-58-64(67)70-61-62(60-69-63(66)57-54-51-48-45-42-39-36-27-24-21-18-15-12-9-6-3)71-65(68)59-56-53-50-47-44-41-38-35-33-31-29-26-23-20-17-14-11-8-5-2/h21,24,62H,4-20,22-23,25-61H2,1-3H3/b24-21-/t62-/m1/s1. The van der Waals surface area contributed by atoms with E-state index >= 15 is 0 Å². The lowest BCUT2D eigenvalue weighted by Gasteiger charge is -2.18. The van der Waals surface area contributed by atoms with Gasteiger partial charge in [0.15, 0.2) is 6.10 Å². The van der Waals surface area contributed by atoms with Gasteiger partial charge in [0.05, 0.1) is 0 Å². The van der Waals surface area contributed by atoms with Crippen molar-refractivity contribution in [3.05, 3.63) is 12.2 Å². The Morgan fingerprint density at radius 3 is 0.718 bits per heavy atom. The van der Waals surface area contributed by atoms with Crippen LogP contribution in [0.5, 0.6) is 0 Å². The quantitative estimate of drug-likeness (QED) is 0.0261. The average molecular weight is 1000 g/mol. The van der Waals surface area contributed by atoms with E-state index in [1.807, 2.05) is 0 Å². The second-order valence-corrected chi connectivity index (χ2v) is 22.0. The van der Waals surface area contributed by atoms with Crippen molar-refractivity contribution in [1.29, 1.82) is 0 Å². The summed E-state index contributed by atoms with van der Waals surface area (Å²) in [5, 5.41) is 0. The first-order valence-corrected chi connectivity index (χ1v) is 32.2. The highest BCUT2D eigenvalue weighted by molar-refractivity contribution is 5.71. The van der Waals surface area contributed by atoms with E-state index in [-0.39, 0.29) is 31.1 Å². The Labute approximate surface area is 443 Å². The molecule has 0 bridgehead atoms. The number of hydrogen-bond donors (Lipinski definition) is 0. The van der Waals surface area contributed by atoms with Crippen LogP contribution in [-0.2, 0) is 28.6 Å². The van der Waals surface area contributed by atoms with Crippen LogP contribution in [0.15, 0.2) is 12.2 Å². The minimum atomic E-state index is -0.767. The van der Waals surface area contributed by atoms with Gasteiger partial charge >= 0.3 is 17.9 Å². The molecule has 0 spiro atoms. The largest absolute Gasteiger partial charge is 0.462 e. The summed E-state index contributed by atoms with van der Waals surface area (Å²) in [5.41, 5.74) is 0. The van der Waals surface area contributed by atoms with Gasteiger partial charge in [0.25, 0.3) is 0 Å². The van der Waals surface area contributed by atoms with Crippen molar-refractivity contribution in [2.24, 2.45) is 0 Å². The third kappa shape index (κ3) is 58.9. The van der Waals surface area contributed by atoms with E-state index in [9.17, 15) is 14.4 Å². The van der Waals surface area contributed by atoms with Crippen LogP contribution in [0.3, 0.4) is 0 Å². The van der Waals surface area contributed by atoms with Gasteiger partial charge < -0.3 is 14.2 Å². The third-order valence-electron chi connectivity index (χ3n) is 14.8. The minimum absolute atomic E-state index is 0.0646. The molecule has 1 atom stereocenters. The maximum atomic E-state index is 12.9. The van der Waals surface area contributed by atoms with Crippen LogP contribution >= 0.6 is 0 Å². The van der Waals surface area contributed by atoms with E-state index < -0.39 is 6.10 Å². The van der Waals surface area contributed by atoms with E-state index in [0.717, 1.165) is 57.8 Å². The first-order valence-electron chi connectivity index (χ1n) is 32.2. The summed E-state index contributed by atoms with van der Waals surface area (Å²) in [6.45, 7) is 6.71. The smallest absolute Gasteiger partial charge is 0.306 e. The molecule has 6 nitrogen and oxygen atoms in total. The number of unbranched alkanes of at least 4 members (excludes halogenated alkanes) is 47. The Balaban J connectivity index is 4.29. The molecule has 0 aliphatic carbocycles. The van der Waals surface area contributed by atoms with E-state index in [2.05, 4.69) is 32.9 Å². The van der Waals surface area contributed by atoms with Crippen molar-refractivity contribution >= 4 is 17.9 Å². The Hall–Kier alpha value is -1.85. The lowest BCUT2D eigenvalue weighted by molar-refractivity contribution is -0.167. The summed E-state index contributed by atoms with van der Waals surface area (Å²) in [4.78, 5) is 38.3. The van der Waals surface area contributed by atoms with Gasteiger partial charge in [-0.05, 0) is 44.9 Å². The number of carbonyl (C=O) groups excluding carboxylic acids is 3. The molecule has 0 saturated heterocycles. The Bertz CT molecular complexity index is 1100. The molecule has 0 aromatic rings. The predicted octanol–water partition coefficient (Wildman–Crippen LogP) is 21.7. The van der Waals surface area contributed by atoms with Crippen LogP contribution in [-0.4, -0.2) is 37.2 Å². The normalized spacial score (nSPS) is 12.0. The number of rotatable bonds is 60. The number of hydrogen-bond acceptors (Lipinski definition) is 6. The summed E-state index contributed by atoms with van der Waals surface area (Å²) in [6, 6.07) is 0.